The molecule has 0 aromatic rings. The number of aliphatic hydroxyl groups is 1. The van der Waals surface area contributed by atoms with E-state index >= 15 is 0 Å². The van der Waals surface area contributed by atoms with Gasteiger partial charge in [0.05, 0.1) is 6.10 Å². The molecule has 2 aliphatic rings. The van der Waals surface area contributed by atoms with Gasteiger partial charge in [0.2, 0.25) is 0 Å². The van der Waals surface area contributed by atoms with Gasteiger partial charge in [-0.05, 0) is 30.3 Å². The fraction of sp³-hybridized carbons (Fsp3) is 0.733. The number of hydrogen-bond acceptors (Lipinski definition) is 4. The maximum Gasteiger partial charge on any atom is 0.303 e. The van der Waals surface area contributed by atoms with Gasteiger partial charge in [-0.1, -0.05) is 20.3 Å². The van der Waals surface area contributed by atoms with Crippen LogP contribution in [0, 0.1) is 17.3 Å². The van der Waals surface area contributed by atoms with E-state index in [1.807, 2.05) is 0 Å². The number of hydrogen-bond donors (Lipinski definition) is 1. The van der Waals surface area contributed by atoms with Gasteiger partial charge in [-0.15, -0.1) is 0 Å². The summed E-state index contributed by atoms with van der Waals surface area (Å²) in [6.45, 7) is 5.67. The Bertz CT molecular complexity index is 410. The Kier molecular flexibility index (Phi) is 3.81. The standard InChI is InChI=1S/C15H22O4/c1-9(17)19-12-7-10(8-16)14(18)11-5-4-6-15(2,3)13(11)12/h7-8,11-14,18H,4-6H2,1-3H3. The number of fused-ring (bicyclic) bond motifs is 1. The predicted molar refractivity (Wildman–Crippen MR) is 70.3 cm³/mol. The number of ether oxygens (including phenoxy) is 1. The van der Waals surface area contributed by atoms with Crippen molar-refractivity contribution in [1.29, 1.82) is 0 Å². The van der Waals surface area contributed by atoms with Gasteiger partial charge < -0.3 is 9.84 Å². The lowest BCUT2D eigenvalue weighted by molar-refractivity contribution is -0.155. The zero-order chi connectivity index (χ0) is 14.2. The Morgan fingerprint density at radius 2 is 2.21 bits per heavy atom. The van der Waals surface area contributed by atoms with Crippen molar-refractivity contribution in [2.75, 3.05) is 0 Å². The van der Waals surface area contributed by atoms with Crippen molar-refractivity contribution < 1.29 is 19.4 Å². The predicted octanol–water partition coefficient (Wildman–Crippen LogP) is 1.86. The molecule has 0 aromatic carbocycles. The molecule has 0 saturated heterocycles. The third-order valence-electron chi connectivity index (χ3n) is 4.62. The summed E-state index contributed by atoms with van der Waals surface area (Å²) in [5.74, 6) is -0.273. The molecule has 0 amide bonds. The highest BCUT2D eigenvalue weighted by Gasteiger charge is 2.49. The second kappa shape index (κ2) is 5.08. The summed E-state index contributed by atoms with van der Waals surface area (Å²) in [5, 5.41) is 10.3. The molecule has 2 rings (SSSR count). The smallest absolute Gasteiger partial charge is 0.303 e. The summed E-state index contributed by atoms with van der Waals surface area (Å²) in [4.78, 5) is 22.3. The molecule has 1 saturated carbocycles. The van der Waals surface area contributed by atoms with E-state index in [1.165, 1.54) is 6.92 Å². The van der Waals surface area contributed by atoms with Crippen molar-refractivity contribution in [3.8, 4) is 0 Å². The van der Waals surface area contributed by atoms with Crippen LogP contribution < -0.4 is 0 Å². The zero-order valence-electron chi connectivity index (χ0n) is 11.8. The highest BCUT2D eigenvalue weighted by atomic mass is 16.5. The average molecular weight is 266 g/mol. The first-order valence-corrected chi connectivity index (χ1v) is 6.89. The molecule has 0 heterocycles. The van der Waals surface area contributed by atoms with E-state index in [0.717, 1.165) is 19.3 Å². The monoisotopic (exact) mass is 266 g/mol. The zero-order valence-corrected chi connectivity index (χ0v) is 11.8. The van der Waals surface area contributed by atoms with Gasteiger partial charge in [0.1, 0.15) is 12.4 Å². The maximum absolute atomic E-state index is 11.3. The molecule has 2 aliphatic carbocycles. The Morgan fingerprint density at radius 1 is 1.53 bits per heavy atom. The molecule has 4 nitrogen and oxygen atoms in total. The molecule has 0 spiro atoms. The van der Waals surface area contributed by atoms with E-state index in [4.69, 9.17) is 4.74 Å². The highest BCUT2D eigenvalue weighted by Crippen LogP contribution is 2.50. The topological polar surface area (TPSA) is 63.6 Å². The molecule has 19 heavy (non-hydrogen) atoms. The van der Waals surface area contributed by atoms with Crippen LogP contribution in [0.25, 0.3) is 0 Å². The van der Waals surface area contributed by atoms with Crippen molar-refractivity contribution in [2.45, 2.75) is 52.2 Å². The first kappa shape index (κ1) is 14.3. The van der Waals surface area contributed by atoms with Gasteiger partial charge in [0.15, 0.2) is 0 Å². The van der Waals surface area contributed by atoms with Gasteiger partial charge in [0.25, 0.3) is 0 Å². The molecule has 1 N–H and O–H groups in total. The van der Waals surface area contributed by atoms with Crippen molar-refractivity contribution >= 4 is 12.3 Å². The number of aldehydes is 1. The summed E-state index contributed by atoms with van der Waals surface area (Å²) < 4.78 is 5.39. The molecular formula is C15H22O4. The molecule has 0 aliphatic heterocycles. The summed E-state index contributed by atoms with van der Waals surface area (Å²) in [7, 11) is 0. The third-order valence-corrected chi connectivity index (χ3v) is 4.62. The number of rotatable bonds is 2. The summed E-state index contributed by atoms with van der Waals surface area (Å²) in [5.41, 5.74) is 0.347. The van der Waals surface area contributed by atoms with E-state index < -0.39 is 12.2 Å². The van der Waals surface area contributed by atoms with Gasteiger partial charge >= 0.3 is 5.97 Å². The normalized spacial score (nSPS) is 36.9. The molecule has 4 atom stereocenters. The third kappa shape index (κ3) is 2.59. The summed E-state index contributed by atoms with van der Waals surface area (Å²) >= 11 is 0. The van der Waals surface area contributed by atoms with Crippen LogP contribution in [-0.2, 0) is 14.3 Å². The van der Waals surface area contributed by atoms with Gasteiger partial charge in [-0.3, -0.25) is 9.59 Å². The van der Waals surface area contributed by atoms with Gasteiger partial charge in [0, 0.05) is 18.4 Å². The number of aliphatic hydroxyl groups excluding tert-OH is 1. The van der Waals surface area contributed by atoms with E-state index in [9.17, 15) is 14.7 Å². The van der Waals surface area contributed by atoms with Crippen LogP contribution >= 0.6 is 0 Å². The van der Waals surface area contributed by atoms with Crippen molar-refractivity contribution in [2.24, 2.45) is 17.3 Å². The summed E-state index contributed by atoms with van der Waals surface area (Å²) in [6, 6.07) is 0. The van der Waals surface area contributed by atoms with Crippen LogP contribution in [0.15, 0.2) is 11.6 Å². The molecule has 4 unspecified atom stereocenters. The van der Waals surface area contributed by atoms with Crippen LogP contribution in [0.4, 0.5) is 0 Å². The van der Waals surface area contributed by atoms with Crippen molar-refractivity contribution in [3.63, 3.8) is 0 Å². The largest absolute Gasteiger partial charge is 0.458 e. The first-order chi connectivity index (χ1) is 8.86. The number of carbonyl (C=O) groups is 2. The second-order valence-electron chi connectivity index (χ2n) is 6.37. The Labute approximate surface area is 113 Å². The minimum Gasteiger partial charge on any atom is -0.458 e. The average Bonchev–Trinajstić information content (AvgIpc) is 2.31. The molecule has 106 valence electrons. The molecule has 0 radical (unpaired) electrons. The second-order valence-corrected chi connectivity index (χ2v) is 6.37. The first-order valence-electron chi connectivity index (χ1n) is 6.89. The molecular weight excluding hydrogens is 244 g/mol. The Morgan fingerprint density at radius 3 is 2.79 bits per heavy atom. The van der Waals surface area contributed by atoms with E-state index in [2.05, 4.69) is 13.8 Å². The van der Waals surface area contributed by atoms with Crippen LogP contribution in [0.3, 0.4) is 0 Å². The highest BCUT2D eigenvalue weighted by molar-refractivity contribution is 5.76. The lowest BCUT2D eigenvalue weighted by Gasteiger charge is -2.50. The fourth-order valence-electron chi connectivity index (χ4n) is 3.81. The molecule has 4 heteroatoms. The van der Waals surface area contributed by atoms with Crippen molar-refractivity contribution in [3.05, 3.63) is 11.6 Å². The summed E-state index contributed by atoms with van der Waals surface area (Å²) in [6.07, 6.45) is 4.13. The van der Waals surface area contributed by atoms with E-state index in [0.29, 0.717) is 11.9 Å². The number of carbonyl (C=O) groups excluding carboxylic acids is 2. The molecule has 0 bridgehead atoms. The number of esters is 1. The van der Waals surface area contributed by atoms with Crippen LogP contribution in [0.5, 0.6) is 0 Å². The molecule has 0 aromatic heterocycles. The lowest BCUT2D eigenvalue weighted by atomic mass is 9.57. The van der Waals surface area contributed by atoms with Crippen LogP contribution in [0.2, 0.25) is 0 Å². The Balaban J connectivity index is 2.39. The van der Waals surface area contributed by atoms with Gasteiger partial charge in [-0.2, -0.15) is 0 Å². The van der Waals surface area contributed by atoms with Crippen LogP contribution in [0.1, 0.15) is 40.0 Å². The molecule has 1 fully saturated rings. The van der Waals surface area contributed by atoms with E-state index in [1.54, 1.807) is 6.08 Å². The van der Waals surface area contributed by atoms with Gasteiger partial charge in [-0.25, -0.2) is 0 Å². The van der Waals surface area contributed by atoms with E-state index in [-0.39, 0.29) is 23.2 Å². The SMILES string of the molecule is CC(=O)OC1C=C(C=O)C(O)C2CCCC(C)(C)C12. The minimum atomic E-state index is -0.728. The quantitative estimate of drug-likeness (QED) is 0.612. The minimum absolute atomic E-state index is 0.00157. The van der Waals surface area contributed by atoms with Crippen LogP contribution in [-0.4, -0.2) is 29.6 Å². The lowest BCUT2D eigenvalue weighted by Crippen LogP contribution is -2.51. The maximum atomic E-state index is 11.3. The Hall–Kier alpha value is -1.16. The van der Waals surface area contributed by atoms with Crippen molar-refractivity contribution in [1.82, 2.24) is 0 Å². The fourth-order valence-corrected chi connectivity index (χ4v) is 3.81.